The molecule has 1 aromatic carbocycles. The van der Waals surface area contributed by atoms with Crippen LogP contribution in [0.3, 0.4) is 0 Å². The number of anilines is 1. The zero-order chi connectivity index (χ0) is 19.6. The summed E-state index contributed by atoms with van der Waals surface area (Å²) in [6.07, 6.45) is 1.92. The molecule has 0 saturated carbocycles. The van der Waals surface area contributed by atoms with Crippen LogP contribution in [-0.4, -0.2) is 29.1 Å². The van der Waals surface area contributed by atoms with Crippen LogP contribution in [0.15, 0.2) is 34.4 Å². The highest BCUT2D eigenvalue weighted by molar-refractivity contribution is 9.11. The van der Waals surface area contributed by atoms with Gasteiger partial charge < -0.3 is 0 Å². The monoisotopic (exact) mass is 490 g/mol. The van der Waals surface area contributed by atoms with Gasteiger partial charge in [-0.15, -0.1) is 11.3 Å². The lowest BCUT2D eigenvalue weighted by atomic mass is 10.1. The lowest BCUT2D eigenvalue weighted by Gasteiger charge is -2.11. The first-order valence-corrected chi connectivity index (χ1v) is 11.4. The minimum absolute atomic E-state index is 0.0597. The van der Waals surface area contributed by atoms with Gasteiger partial charge in [0.2, 0.25) is 15.3 Å². The molecule has 0 saturated heterocycles. The Labute approximate surface area is 173 Å². The van der Waals surface area contributed by atoms with Crippen molar-refractivity contribution in [2.24, 2.45) is 0 Å². The molecule has 0 aliphatic rings. The third-order valence-corrected chi connectivity index (χ3v) is 6.64. The van der Waals surface area contributed by atoms with E-state index in [0.717, 1.165) is 0 Å². The first kappa shape index (κ1) is 20.1. The topological polar surface area (TPSA) is 84.8 Å². The quantitative estimate of drug-likeness (QED) is 0.492. The van der Waals surface area contributed by atoms with Gasteiger partial charge in [0.1, 0.15) is 0 Å². The van der Waals surface area contributed by atoms with E-state index in [1.165, 1.54) is 29.7 Å². The van der Waals surface area contributed by atoms with Crippen LogP contribution in [0.5, 0.6) is 0 Å². The molecule has 3 aromatic rings. The smallest absolute Gasteiger partial charge is 0.232 e. The highest BCUT2D eigenvalue weighted by Crippen LogP contribution is 2.40. The Morgan fingerprint density at radius 2 is 2.07 bits per heavy atom. The molecule has 1 N–H and O–H groups in total. The SMILES string of the molecule is CCCS(=O)(=O)Nc1cccc(-c2nc(Br)sc2-c2ccnc(Cl)n2)c1F. The van der Waals surface area contributed by atoms with Crippen LogP contribution in [-0.2, 0) is 10.0 Å². The van der Waals surface area contributed by atoms with E-state index in [1.54, 1.807) is 19.1 Å². The number of rotatable bonds is 6. The van der Waals surface area contributed by atoms with Crippen molar-refractivity contribution in [1.29, 1.82) is 0 Å². The molecule has 0 atom stereocenters. The summed E-state index contributed by atoms with van der Waals surface area (Å²) < 4.78 is 41.9. The largest absolute Gasteiger partial charge is 0.281 e. The second-order valence-corrected chi connectivity index (χ2v) is 9.90. The standard InChI is InChI=1S/C16H13BrClFN4O2S2/c1-2-8-27(24,25)23-10-5-3-4-9(12(10)19)13-14(26-15(17)22-13)11-6-7-20-16(18)21-11/h3-7,23H,2,8H2,1H3. The van der Waals surface area contributed by atoms with Crippen LogP contribution in [0.25, 0.3) is 21.8 Å². The van der Waals surface area contributed by atoms with E-state index in [1.807, 2.05) is 0 Å². The molecule has 0 bridgehead atoms. The first-order valence-electron chi connectivity index (χ1n) is 7.75. The Kier molecular flexibility index (Phi) is 6.09. The number of hydrogen-bond donors (Lipinski definition) is 1. The summed E-state index contributed by atoms with van der Waals surface area (Å²) in [6.45, 7) is 1.73. The van der Waals surface area contributed by atoms with Crippen molar-refractivity contribution in [1.82, 2.24) is 15.0 Å². The maximum absolute atomic E-state index is 15.1. The molecule has 0 fully saturated rings. The first-order chi connectivity index (χ1) is 12.8. The van der Waals surface area contributed by atoms with E-state index in [9.17, 15) is 8.42 Å². The summed E-state index contributed by atoms with van der Waals surface area (Å²) in [4.78, 5) is 12.9. The van der Waals surface area contributed by atoms with Gasteiger partial charge in [-0.05, 0) is 52.2 Å². The molecule has 27 heavy (non-hydrogen) atoms. The number of hydrogen-bond acceptors (Lipinski definition) is 6. The molecule has 0 radical (unpaired) electrons. The number of nitrogens with zero attached hydrogens (tertiary/aromatic N) is 3. The third kappa shape index (κ3) is 4.63. The summed E-state index contributed by atoms with van der Waals surface area (Å²) >= 11 is 10.4. The molecule has 0 aliphatic heterocycles. The zero-order valence-corrected chi connectivity index (χ0v) is 17.9. The Balaban J connectivity index is 2.10. The fourth-order valence-electron chi connectivity index (χ4n) is 2.39. The van der Waals surface area contributed by atoms with Gasteiger partial charge in [0.25, 0.3) is 0 Å². The van der Waals surface area contributed by atoms with Crippen LogP contribution >= 0.6 is 38.9 Å². The van der Waals surface area contributed by atoms with E-state index in [4.69, 9.17) is 11.6 Å². The van der Waals surface area contributed by atoms with E-state index in [0.29, 0.717) is 26.6 Å². The van der Waals surface area contributed by atoms with Gasteiger partial charge in [-0.1, -0.05) is 13.0 Å². The van der Waals surface area contributed by atoms with Crippen molar-refractivity contribution >= 4 is 54.6 Å². The number of sulfonamides is 1. The molecular weight excluding hydrogens is 479 g/mol. The van der Waals surface area contributed by atoms with Crippen LogP contribution in [0.1, 0.15) is 13.3 Å². The average Bonchev–Trinajstić information content (AvgIpc) is 2.98. The number of benzene rings is 1. The number of nitrogens with one attached hydrogen (secondary N) is 1. The van der Waals surface area contributed by atoms with Crippen molar-refractivity contribution in [2.75, 3.05) is 10.5 Å². The van der Waals surface area contributed by atoms with Crippen molar-refractivity contribution in [3.8, 4) is 21.8 Å². The van der Waals surface area contributed by atoms with Crippen LogP contribution < -0.4 is 4.72 Å². The predicted molar refractivity (Wildman–Crippen MR) is 109 cm³/mol. The summed E-state index contributed by atoms with van der Waals surface area (Å²) in [5, 5.41) is 0.0597. The Bertz CT molecular complexity index is 1090. The molecule has 11 heteroatoms. The Morgan fingerprint density at radius 3 is 2.78 bits per heavy atom. The van der Waals surface area contributed by atoms with Gasteiger partial charge >= 0.3 is 0 Å². The summed E-state index contributed by atoms with van der Waals surface area (Å²) in [5.41, 5.74) is 0.843. The van der Waals surface area contributed by atoms with Gasteiger partial charge in [-0.2, -0.15) is 0 Å². The fourth-order valence-corrected chi connectivity index (χ4v) is 5.11. The average molecular weight is 492 g/mol. The minimum Gasteiger partial charge on any atom is -0.281 e. The van der Waals surface area contributed by atoms with Gasteiger partial charge in [-0.25, -0.2) is 27.8 Å². The van der Waals surface area contributed by atoms with Gasteiger partial charge in [0.05, 0.1) is 27.7 Å². The zero-order valence-electron chi connectivity index (χ0n) is 13.9. The number of thiazole rings is 1. The predicted octanol–water partition coefficient (Wildman–Crippen LogP) is 4.97. The van der Waals surface area contributed by atoms with E-state index >= 15 is 4.39 Å². The van der Waals surface area contributed by atoms with Crippen LogP contribution in [0, 0.1) is 5.82 Å². The van der Waals surface area contributed by atoms with E-state index < -0.39 is 15.8 Å². The van der Waals surface area contributed by atoms with Crippen molar-refractivity contribution < 1.29 is 12.8 Å². The molecule has 0 aliphatic carbocycles. The highest BCUT2D eigenvalue weighted by Gasteiger charge is 2.21. The maximum Gasteiger partial charge on any atom is 0.232 e. The second-order valence-electron chi connectivity index (χ2n) is 5.44. The molecule has 6 nitrogen and oxygen atoms in total. The molecule has 2 heterocycles. The third-order valence-electron chi connectivity index (χ3n) is 3.45. The van der Waals surface area contributed by atoms with Crippen molar-refractivity contribution in [3.05, 3.63) is 45.5 Å². The van der Waals surface area contributed by atoms with Crippen LogP contribution in [0.2, 0.25) is 5.28 Å². The number of halogens is 3. The lowest BCUT2D eigenvalue weighted by molar-refractivity contribution is 0.597. The fraction of sp³-hybridized carbons (Fsp3) is 0.188. The molecule has 142 valence electrons. The normalized spacial score (nSPS) is 11.6. The van der Waals surface area contributed by atoms with Crippen LogP contribution in [0.4, 0.5) is 10.1 Å². The summed E-state index contributed by atoms with van der Waals surface area (Å²) in [7, 11) is -3.62. The Morgan fingerprint density at radius 1 is 1.30 bits per heavy atom. The Hall–Kier alpha value is -1.62. The maximum atomic E-state index is 15.1. The van der Waals surface area contributed by atoms with Crippen molar-refractivity contribution in [2.45, 2.75) is 13.3 Å². The molecule has 0 amide bonds. The minimum atomic E-state index is -3.62. The molecule has 3 rings (SSSR count). The summed E-state index contributed by atoms with van der Waals surface area (Å²) in [6, 6.07) is 6.10. The molecule has 0 spiro atoms. The summed E-state index contributed by atoms with van der Waals surface area (Å²) in [5.74, 6) is -0.805. The highest BCUT2D eigenvalue weighted by atomic mass is 79.9. The lowest BCUT2D eigenvalue weighted by Crippen LogP contribution is -2.17. The number of aromatic nitrogens is 3. The van der Waals surface area contributed by atoms with Gasteiger partial charge in [-0.3, -0.25) is 4.72 Å². The molecule has 0 unspecified atom stereocenters. The van der Waals surface area contributed by atoms with E-state index in [-0.39, 0.29) is 22.3 Å². The van der Waals surface area contributed by atoms with Crippen molar-refractivity contribution in [3.63, 3.8) is 0 Å². The molecular formula is C16H13BrClFN4O2S2. The second kappa shape index (κ2) is 8.17. The molecule has 2 aromatic heterocycles. The van der Waals surface area contributed by atoms with Gasteiger partial charge in [0.15, 0.2) is 9.73 Å². The van der Waals surface area contributed by atoms with Gasteiger partial charge in [0, 0.05) is 11.8 Å². The van der Waals surface area contributed by atoms with E-state index in [2.05, 4.69) is 35.6 Å².